The molecule has 0 radical (unpaired) electrons. The van der Waals surface area contributed by atoms with E-state index < -0.39 is 0 Å². The summed E-state index contributed by atoms with van der Waals surface area (Å²) in [5.41, 5.74) is 0. The van der Waals surface area contributed by atoms with E-state index in [1.807, 2.05) is 24.2 Å². The van der Waals surface area contributed by atoms with Crippen molar-refractivity contribution < 1.29 is 0 Å². The second-order valence-corrected chi connectivity index (χ2v) is 4.73. The molecule has 0 aliphatic heterocycles. The van der Waals surface area contributed by atoms with E-state index in [1.54, 1.807) is 0 Å². The standard InChI is InChI=1S/C11H21N3S/c1-4-8-15-9-10(12-5-2)11-13-6-7-14(11)3/h6-7,10,12H,4-5,8-9H2,1-3H3. The average Bonchev–Trinajstić information content (AvgIpc) is 2.64. The summed E-state index contributed by atoms with van der Waals surface area (Å²) in [5.74, 6) is 3.47. The number of aryl methyl sites for hydroxylation is 1. The maximum atomic E-state index is 4.40. The van der Waals surface area contributed by atoms with Crippen molar-refractivity contribution in [3.63, 3.8) is 0 Å². The van der Waals surface area contributed by atoms with Gasteiger partial charge < -0.3 is 9.88 Å². The molecule has 1 heterocycles. The molecule has 1 aromatic rings. The van der Waals surface area contributed by atoms with Crippen LogP contribution in [0.15, 0.2) is 12.4 Å². The van der Waals surface area contributed by atoms with Crippen molar-refractivity contribution in [1.82, 2.24) is 14.9 Å². The summed E-state index contributed by atoms with van der Waals surface area (Å²) >= 11 is 1.99. The van der Waals surface area contributed by atoms with Gasteiger partial charge in [0, 0.05) is 25.2 Å². The third-order valence-corrected chi connectivity index (χ3v) is 3.52. The zero-order valence-electron chi connectivity index (χ0n) is 9.86. The molecular formula is C11H21N3S. The van der Waals surface area contributed by atoms with E-state index in [0.29, 0.717) is 6.04 Å². The first-order chi connectivity index (χ1) is 7.29. The largest absolute Gasteiger partial charge is 0.337 e. The minimum absolute atomic E-state index is 0.381. The van der Waals surface area contributed by atoms with Crippen LogP contribution in [0, 0.1) is 0 Å². The van der Waals surface area contributed by atoms with Gasteiger partial charge in [-0.15, -0.1) is 0 Å². The lowest BCUT2D eigenvalue weighted by Crippen LogP contribution is -2.25. The number of thioether (sulfide) groups is 1. The summed E-state index contributed by atoms with van der Waals surface area (Å²) in [5, 5.41) is 3.48. The first-order valence-corrected chi connectivity index (χ1v) is 6.73. The summed E-state index contributed by atoms with van der Waals surface area (Å²) in [6.07, 6.45) is 5.11. The fraction of sp³-hybridized carbons (Fsp3) is 0.727. The van der Waals surface area contributed by atoms with Crippen molar-refractivity contribution >= 4 is 11.8 Å². The lowest BCUT2D eigenvalue weighted by Gasteiger charge is -2.17. The van der Waals surface area contributed by atoms with E-state index in [9.17, 15) is 0 Å². The number of nitrogens with one attached hydrogen (secondary N) is 1. The van der Waals surface area contributed by atoms with Crippen molar-refractivity contribution in [3.8, 4) is 0 Å². The van der Waals surface area contributed by atoms with Gasteiger partial charge in [0.1, 0.15) is 5.82 Å². The fourth-order valence-electron chi connectivity index (χ4n) is 1.53. The molecule has 0 aliphatic rings. The zero-order chi connectivity index (χ0) is 11.1. The normalized spacial score (nSPS) is 13.0. The van der Waals surface area contributed by atoms with Crippen LogP contribution in [0.1, 0.15) is 32.1 Å². The topological polar surface area (TPSA) is 29.9 Å². The Hall–Kier alpha value is -0.480. The summed E-state index contributed by atoms with van der Waals surface area (Å²) < 4.78 is 2.10. The number of rotatable bonds is 7. The van der Waals surface area contributed by atoms with Gasteiger partial charge in [-0.05, 0) is 18.7 Å². The van der Waals surface area contributed by atoms with Crippen LogP contribution in [-0.2, 0) is 7.05 Å². The van der Waals surface area contributed by atoms with Gasteiger partial charge in [0.25, 0.3) is 0 Å². The highest BCUT2D eigenvalue weighted by Crippen LogP contribution is 2.16. The Morgan fingerprint density at radius 3 is 2.87 bits per heavy atom. The third-order valence-electron chi connectivity index (χ3n) is 2.25. The lowest BCUT2D eigenvalue weighted by molar-refractivity contribution is 0.555. The minimum atomic E-state index is 0.381. The quantitative estimate of drug-likeness (QED) is 0.724. The van der Waals surface area contributed by atoms with E-state index in [2.05, 4.69) is 35.8 Å². The molecule has 0 aromatic carbocycles. The average molecular weight is 227 g/mol. The minimum Gasteiger partial charge on any atom is -0.337 e. The second kappa shape index (κ2) is 6.90. The Morgan fingerprint density at radius 2 is 2.33 bits per heavy atom. The number of imidazole rings is 1. The molecule has 1 aromatic heterocycles. The molecule has 1 unspecified atom stereocenters. The Morgan fingerprint density at radius 1 is 1.53 bits per heavy atom. The lowest BCUT2D eigenvalue weighted by atomic mass is 10.3. The Kier molecular flexibility index (Phi) is 5.79. The highest BCUT2D eigenvalue weighted by molar-refractivity contribution is 7.99. The molecule has 1 atom stereocenters. The van der Waals surface area contributed by atoms with E-state index in [-0.39, 0.29) is 0 Å². The Balaban J connectivity index is 2.53. The molecule has 0 bridgehead atoms. The monoisotopic (exact) mass is 227 g/mol. The molecule has 1 N–H and O–H groups in total. The van der Waals surface area contributed by atoms with Gasteiger partial charge >= 0.3 is 0 Å². The highest BCUT2D eigenvalue weighted by Gasteiger charge is 2.13. The van der Waals surface area contributed by atoms with Crippen LogP contribution in [-0.4, -0.2) is 27.6 Å². The first kappa shape index (κ1) is 12.6. The van der Waals surface area contributed by atoms with Crippen LogP contribution in [0.5, 0.6) is 0 Å². The number of hydrogen-bond acceptors (Lipinski definition) is 3. The van der Waals surface area contributed by atoms with Gasteiger partial charge in [-0.2, -0.15) is 11.8 Å². The highest BCUT2D eigenvalue weighted by atomic mass is 32.2. The number of nitrogens with zero attached hydrogens (tertiary/aromatic N) is 2. The maximum absolute atomic E-state index is 4.40. The molecule has 0 fully saturated rings. The second-order valence-electron chi connectivity index (χ2n) is 3.58. The molecule has 0 saturated heterocycles. The van der Waals surface area contributed by atoms with Crippen LogP contribution >= 0.6 is 11.8 Å². The molecule has 0 aliphatic carbocycles. The van der Waals surface area contributed by atoms with Crippen LogP contribution < -0.4 is 5.32 Å². The van der Waals surface area contributed by atoms with Crippen LogP contribution in [0.3, 0.4) is 0 Å². The van der Waals surface area contributed by atoms with Crippen LogP contribution in [0.2, 0.25) is 0 Å². The summed E-state index contributed by atoms with van der Waals surface area (Å²) in [6, 6.07) is 0.381. The van der Waals surface area contributed by atoms with Crippen molar-refractivity contribution in [2.75, 3.05) is 18.1 Å². The van der Waals surface area contributed by atoms with Gasteiger partial charge in [0.15, 0.2) is 0 Å². The molecule has 0 saturated carbocycles. The Labute approximate surface area is 96.7 Å². The summed E-state index contributed by atoms with van der Waals surface area (Å²) in [7, 11) is 2.05. The van der Waals surface area contributed by atoms with Gasteiger partial charge in [-0.1, -0.05) is 13.8 Å². The maximum Gasteiger partial charge on any atom is 0.126 e. The van der Waals surface area contributed by atoms with Crippen LogP contribution in [0.25, 0.3) is 0 Å². The summed E-state index contributed by atoms with van der Waals surface area (Å²) in [6.45, 7) is 5.35. The van der Waals surface area contributed by atoms with E-state index in [4.69, 9.17) is 0 Å². The SMILES string of the molecule is CCCSCC(NCC)c1nccn1C. The molecule has 15 heavy (non-hydrogen) atoms. The van der Waals surface area contributed by atoms with E-state index in [1.165, 1.54) is 12.2 Å². The Bertz CT molecular complexity index is 273. The van der Waals surface area contributed by atoms with E-state index >= 15 is 0 Å². The zero-order valence-corrected chi connectivity index (χ0v) is 10.7. The smallest absolute Gasteiger partial charge is 0.126 e. The van der Waals surface area contributed by atoms with Gasteiger partial charge in [-0.25, -0.2) is 4.98 Å². The predicted octanol–water partition coefficient (Wildman–Crippen LogP) is 2.21. The molecule has 3 nitrogen and oxygen atoms in total. The first-order valence-electron chi connectivity index (χ1n) is 5.57. The molecule has 0 spiro atoms. The van der Waals surface area contributed by atoms with Crippen molar-refractivity contribution in [1.29, 1.82) is 0 Å². The van der Waals surface area contributed by atoms with Crippen LogP contribution in [0.4, 0.5) is 0 Å². The molecular weight excluding hydrogens is 206 g/mol. The molecule has 1 rings (SSSR count). The fourth-order valence-corrected chi connectivity index (χ4v) is 2.49. The van der Waals surface area contributed by atoms with Gasteiger partial charge in [0.05, 0.1) is 6.04 Å². The van der Waals surface area contributed by atoms with Gasteiger partial charge in [0.2, 0.25) is 0 Å². The molecule has 86 valence electrons. The van der Waals surface area contributed by atoms with Gasteiger partial charge in [-0.3, -0.25) is 0 Å². The molecule has 4 heteroatoms. The molecule has 0 amide bonds. The van der Waals surface area contributed by atoms with Crippen molar-refractivity contribution in [2.45, 2.75) is 26.3 Å². The predicted molar refractivity (Wildman–Crippen MR) is 67.2 cm³/mol. The number of aromatic nitrogens is 2. The third kappa shape index (κ3) is 3.87. The summed E-state index contributed by atoms with van der Waals surface area (Å²) in [4.78, 5) is 4.40. The van der Waals surface area contributed by atoms with Crippen molar-refractivity contribution in [3.05, 3.63) is 18.2 Å². The van der Waals surface area contributed by atoms with Crippen molar-refractivity contribution in [2.24, 2.45) is 7.05 Å². The van der Waals surface area contributed by atoms with E-state index in [0.717, 1.165) is 18.1 Å². The number of hydrogen-bond donors (Lipinski definition) is 1.